The van der Waals surface area contributed by atoms with Crippen molar-refractivity contribution >= 4 is 11.9 Å². The van der Waals surface area contributed by atoms with E-state index in [1.165, 1.54) is 32.1 Å². The minimum absolute atomic E-state index is 0.00143. The third kappa shape index (κ3) is 6.09. The van der Waals surface area contributed by atoms with Crippen molar-refractivity contribution in [3.05, 3.63) is 59.2 Å². The summed E-state index contributed by atoms with van der Waals surface area (Å²) < 4.78 is 10.8. The van der Waals surface area contributed by atoms with Crippen molar-refractivity contribution in [3.63, 3.8) is 0 Å². The number of hydrogen-bond donors (Lipinski definition) is 1. The Labute approximate surface area is 184 Å². The van der Waals surface area contributed by atoms with Crippen molar-refractivity contribution in [3.8, 4) is 11.5 Å². The number of benzene rings is 2. The van der Waals surface area contributed by atoms with Crippen molar-refractivity contribution in [2.24, 2.45) is 5.92 Å². The fourth-order valence-corrected chi connectivity index (χ4v) is 4.38. The molecule has 2 aromatic rings. The highest BCUT2D eigenvalue weighted by Gasteiger charge is 2.25. The van der Waals surface area contributed by atoms with E-state index in [0.29, 0.717) is 24.0 Å². The average Bonchev–Trinajstić information content (AvgIpc) is 2.79. The van der Waals surface area contributed by atoms with Gasteiger partial charge in [0.1, 0.15) is 11.5 Å². The lowest BCUT2D eigenvalue weighted by Gasteiger charge is -2.29. The number of carbonyl (C=O) groups is 2. The highest BCUT2D eigenvalue weighted by Crippen LogP contribution is 2.38. The Hall–Kier alpha value is -2.82. The smallest absolute Gasteiger partial charge is 0.344 e. The summed E-state index contributed by atoms with van der Waals surface area (Å²) in [6.45, 7) is 4.67. The van der Waals surface area contributed by atoms with Gasteiger partial charge in [-0.25, -0.2) is 9.59 Å². The molecule has 3 rings (SSSR count). The molecule has 0 unspecified atom stereocenters. The van der Waals surface area contributed by atoms with Gasteiger partial charge in [0, 0.05) is 0 Å². The van der Waals surface area contributed by atoms with Gasteiger partial charge in [0.05, 0.1) is 17.7 Å². The van der Waals surface area contributed by atoms with Gasteiger partial charge in [-0.1, -0.05) is 32.3 Å². The molecular weight excluding hydrogens is 392 g/mol. The Balaban J connectivity index is 1.70. The second kappa shape index (κ2) is 11.0. The van der Waals surface area contributed by atoms with Crippen molar-refractivity contribution in [1.29, 1.82) is 0 Å². The summed E-state index contributed by atoms with van der Waals surface area (Å²) in [5.41, 5.74) is 1.08. The topological polar surface area (TPSA) is 72.8 Å². The summed E-state index contributed by atoms with van der Waals surface area (Å²) in [6, 6.07) is 11.8. The van der Waals surface area contributed by atoms with Crippen LogP contribution < -0.4 is 9.47 Å². The Morgan fingerprint density at radius 3 is 2.23 bits per heavy atom. The number of aromatic carboxylic acids is 1. The number of carbonyl (C=O) groups excluding carboxylic acids is 1. The Morgan fingerprint density at radius 2 is 1.61 bits per heavy atom. The van der Waals surface area contributed by atoms with E-state index in [0.717, 1.165) is 24.3 Å². The molecule has 1 fully saturated rings. The van der Waals surface area contributed by atoms with Crippen LogP contribution in [0.2, 0.25) is 0 Å². The maximum absolute atomic E-state index is 12.7. The molecule has 0 aliphatic heterocycles. The highest BCUT2D eigenvalue weighted by molar-refractivity contribution is 6.03. The maximum Gasteiger partial charge on any atom is 0.344 e. The zero-order valence-electron chi connectivity index (χ0n) is 18.4. The molecule has 2 aromatic carbocycles. The molecule has 0 bridgehead atoms. The first-order chi connectivity index (χ1) is 15.0. The van der Waals surface area contributed by atoms with Crippen LogP contribution in [-0.2, 0) is 0 Å². The van der Waals surface area contributed by atoms with E-state index in [2.05, 4.69) is 6.92 Å². The van der Waals surface area contributed by atoms with E-state index in [9.17, 15) is 14.7 Å². The van der Waals surface area contributed by atoms with E-state index in [-0.39, 0.29) is 11.1 Å². The molecule has 0 saturated heterocycles. The Kier molecular flexibility index (Phi) is 8.10. The molecular formula is C26H32O5. The average molecular weight is 425 g/mol. The molecule has 1 N–H and O–H groups in total. The van der Waals surface area contributed by atoms with Crippen LogP contribution in [0.25, 0.3) is 0 Å². The van der Waals surface area contributed by atoms with Crippen LogP contribution in [-0.4, -0.2) is 23.7 Å². The molecule has 31 heavy (non-hydrogen) atoms. The second-order valence-electron chi connectivity index (χ2n) is 8.26. The van der Waals surface area contributed by atoms with E-state index in [1.54, 1.807) is 36.4 Å². The van der Waals surface area contributed by atoms with Gasteiger partial charge in [0.2, 0.25) is 0 Å². The van der Waals surface area contributed by atoms with Crippen LogP contribution in [0.1, 0.15) is 91.0 Å². The summed E-state index contributed by atoms with van der Waals surface area (Å²) in [6.07, 6.45) is 8.33. The largest absolute Gasteiger partial charge is 0.494 e. The quantitative estimate of drug-likeness (QED) is 0.369. The van der Waals surface area contributed by atoms with Gasteiger partial charge in [-0.2, -0.15) is 0 Å². The lowest BCUT2D eigenvalue weighted by atomic mass is 9.76. The minimum Gasteiger partial charge on any atom is -0.494 e. The predicted octanol–water partition coefficient (Wildman–Crippen LogP) is 6.47. The van der Waals surface area contributed by atoms with Gasteiger partial charge in [-0.15, -0.1) is 0 Å². The molecule has 1 saturated carbocycles. The van der Waals surface area contributed by atoms with Crippen molar-refractivity contribution in [2.45, 2.75) is 64.7 Å². The Bertz CT molecular complexity index is 879. The van der Waals surface area contributed by atoms with Gasteiger partial charge in [0.25, 0.3) is 0 Å². The number of hydrogen-bond acceptors (Lipinski definition) is 4. The first-order valence-electron chi connectivity index (χ1n) is 11.3. The molecule has 166 valence electrons. The Morgan fingerprint density at radius 1 is 0.935 bits per heavy atom. The number of rotatable bonds is 9. The van der Waals surface area contributed by atoms with Gasteiger partial charge in [-0.3, -0.25) is 0 Å². The normalized spacial score (nSPS) is 18.4. The van der Waals surface area contributed by atoms with Gasteiger partial charge in [0.15, 0.2) is 0 Å². The van der Waals surface area contributed by atoms with E-state index in [1.807, 2.05) is 13.0 Å². The predicted molar refractivity (Wildman–Crippen MR) is 120 cm³/mol. The summed E-state index contributed by atoms with van der Waals surface area (Å²) in [5, 5.41) is 9.71. The van der Waals surface area contributed by atoms with Crippen LogP contribution in [0, 0.1) is 5.92 Å². The fourth-order valence-electron chi connectivity index (χ4n) is 4.38. The lowest BCUT2D eigenvalue weighted by molar-refractivity contribution is 0.0667. The number of ether oxygens (including phenoxy) is 2. The van der Waals surface area contributed by atoms with Crippen molar-refractivity contribution < 1.29 is 24.2 Å². The first kappa shape index (κ1) is 22.9. The number of carboxylic acid groups (broad SMARTS) is 1. The zero-order valence-corrected chi connectivity index (χ0v) is 18.4. The molecule has 0 heterocycles. The molecule has 0 spiro atoms. The van der Waals surface area contributed by atoms with Crippen LogP contribution in [0.5, 0.6) is 11.5 Å². The standard InChI is InChI=1S/C26H32O5/c1-3-5-6-18-7-9-19(10-8-18)20-11-16-23(24(17-20)25(27)28)26(29)31-22-14-12-21(13-15-22)30-4-2/h11-19H,3-10H2,1-2H3,(H,27,28)/t18-,19-. The molecule has 0 atom stereocenters. The molecule has 5 nitrogen and oxygen atoms in total. The van der Waals surface area contributed by atoms with Gasteiger partial charge in [-0.05, 0) is 86.4 Å². The summed E-state index contributed by atoms with van der Waals surface area (Å²) >= 11 is 0. The van der Waals surface area contributed by atoms with Gasteiger partial charge >= 0.3 is 11.9 Å². The number of esters is 1. The van der Waals surface area contributed by atoms with E-state index >= 15 is 0 Å². The maximum atomic E-state index is 12.7. The summed E-state index contributed by atoms with van der Waals surface area (Å²) in [5.74, 6) is 0.390. The van der Waals surface area contributed by atoms with Crippen LogP contribution in [0.15, 0.2) is 42.5 Å². The molecule has 5 heteroatoms. The number of unbranched alkanes of at least 4 members (excludes halogenated alkanes) is 1. The van der Waals surface area contributed by atoms with Crippen LogP contribution >= 0.6 is 0 Å². The van der Waals surface area contributed by atoms with E-state index < -0.39 is 11.9 Å². The van der Waals surface area contributed by atoms with Gasteiger partial charge < -0.3 is 14.6 Å². The van der Waals surface area contributed by atoms with E-state index in [4.69, 9.17) is 9.47 Å². The molecule has 0 amide bonds. The monoisotopic (exact) mass is 424 g/mol. The fraction of sp³-hybridized carbons (Fsp3) is 0.462. The first-order valence-corrected chi connectivity index (χ1v) is 11.3. The minimum atomic E-state index is -1.11. The summed E-state index contributed by atoms with van der Waals surface area (Å²) in [7, 11) is 0. The molecule has 1 aliphatic carbocycles. The highest BCUT2D eigenvalue weighted by atomic mass is 16.5. The van der Waals surface area contributed by atoms with Crippen molar-refractivity contribution in [2.75, 3.05) is 6.61 Å². The van der Waals surface area contributed by atoms with Crippen molar-refractivity contribution in [1.82, 2.24) is 0 Å². The lowest BCUT2D eigenvalue weighted by Crippen LogP contribution is -2.17. The van der Waals surface area contributed by atoms with Crippen LogP contribution in [0.4, 0.5) is 0 Å². The van der Waals surface area contributed by atoms with Crippen LogP contribution in [0.3, 0.4) is 0 Å². The molecule has 0 radical (unpaired) electrons. The third-order valence-electron chi connectivity index (χ3n) is 6.12. The SMILES string of the molecule is CCCC[C@H]1CC[C@H](c2ccc(C(=O)Oc3ccc(OCC)cc3)c(C(=O)O)c2)CC1. The third-order valence-corrected chi connectivity index (χ3v) is 6.12. The summed E-state index contributed by atoms with van der Waals surface area (Å²) in [4.78, 5) is 24.5. The molecule has 0 aromatic heterocycles. The zero-order chi connectivity index (χ0) is 22.2. The second-order valence-corrected chi connectivity index (χ2v) is 8.26. The molecule has 1 aliphatic rings. The number of carboxylic acids is 1.